The number of hydrogen-bond donors (Lipinski definition) is 1. The zero-order valence-electron chi connectivity index (χ0n) is 9.86. The maximum absolute atomic E-state index is 5.77. The molecular formula is C13H18N2S. The van der Waals surface area contributed by atoms with E-state index in [0.29, 0.717) is 4.99 Å². The Morgan fingerprint density at radius 2 is 2.25 bits per heavy atom. The van der Waals surface area contributed by atoms with Crippen LogP contribution in [0.1, 0.15) is 24.5 Å². The number of rotatable bonds is 2. The molecule has 0 spiro atoms. The fraction of sp³-hybridized carbons (Fsp3) is 0.462. The predicted octanol–water partition coefficient (Wildman–Crippen LogP) is 2.48. The molecule has 0 saturated carbocycles. The van der Waals surface area contributed by atoms with E-state index >= 15 is 0 Å². The average molecular weight is 234 g/mol. The first kappa shape index (κ1) is 11.4. The number of aryl methyl sites for hydroxylation is 1. The van der Waals surface area contributed by atoms with Gasteiger partial charge in [0.05, 0.1) is 0 Å². The van der Waals surface area contributed by atoms with Crippen molar-refractivity contribution in [2.75, 3.05) is 18.0 Å². The molecule has 0 bridgehead atoms. The van der Waals surface area contributed by atoms with Gasteiger partial charge in [0.25, 0.3) is 0 Å². The Morgan fingerprint density at radius 3 is 2.81 bits per heavy atom. The van der Waals surface area contributed by atoms with E-state index in [0.717, 1.165) is 24.6 Å². The van der Waals surface area contributed by atoms with E-state index in [2.05, 4.69) is 30.9 Å². The summed E-state index contributed by atoms with van der Waals surface area (Å²) < 4.78 is 0. The van der Waals surface area contributed by atoms with Crippen molar-refractivity contribution in [2.45, 2.75) is 20.3 Å². The fourth-order valence-electron chi connectivity index (χ4n) is 2.27. The van der Waals surface area contributed by atoms with Crippen molar-refractivity contribution in [3.05, 3.63) is 29.3 Å². The standard InChI is InChI=1S/C13H18N2S/c1-9-3-4-11(13(14)16)12(7-9)15-6-5-10(2)8-15/h3-4,7,10H,5-6,8H2,1-2H3,(H2,14,16). The summed E-state index contributed by atoms with van der Waals surface area (Å²) >= 11 is 5.11. The number of thiocarbonyl (C=S) groups is 1. The van der Waals surface area contributed by atoms with Gasteiger partial charge >= 0.3 is 0 Å². The normalized spacial score (nSPS) is 20.1. The van der Waals surface area contributed by atoms with Crippen molar-refractivity contribution in [2.24, 2.45) is 11.7 Å². The van der Waals surface area contributed by atoms with Gasteiger partial charge in [-0.2, -0.15) is 0 Å². The number of benzene rings is 1. The third kappa shape index (κ3) is 2.19. The summed E-state index contributed by atoms with van der Waals surface area (Å²) in [7, 11) is 0. The van der Waals surface area contributed by atoms with E-state index in [4.69, 9.17) is 18.0 Å². The molecule has 1 atom stereocenters. The topological polar surface area (TPSA) is 29.3 Å². The van der Waals surface area contributed by atoms with Crippen LogP contribution in [0, 0.1) is 12.8 Å². The van der Waals surface area contributed by atoms with Crippen molar-refractivity contribution in [1.82, 2.24) is 0 Å². The van der Waals surface area contributed by atoms with Gasteiger partial charge in [-0.25, -0.2) is 0 Å². The van der Waals surface area contributed by atoms with Gasteiger partial charge in [-0.05, 0) is 37.0 Å². The smallest absolute Gasteiger partial charge is 0.106 e. The molecule has 1 fully saturated rings. The number of nitrogens with zero attached hydrogens (tertiary/aromatic N) is 1. The summed E-state index contributed by atoms with van der Waals surface area (Å²) in [5, 5.41) is 0. The Kier molecular flexibility index (Phi) is 3.15. The molecule has 0 amide bonds. The number of hydrogen-bond acceptors (Lipinski definition) is 2. The molecule has 1 aliphatic heterocycles. The van der Waals surface area contributed by atoms with Crippen molar-refractivity contribution >= 4 is 22.9 Å². The van der Waals surface area contributed by atoms with E-state index in [1.807, 2.05) is 6.07 Å². The molecule has 2 rings (SSSR count). The van der Waals surface area contributed by atoms with Gasteiger partial charge in [0.2, 0.25) is 0 Å². The van der Waals surface area contributed by atoms with Crippen LogP contribution in [-0.2, 0) is 0 Å². The van der Waals surface area contributed by atoms with Crippen LogP contribution in [0.25, 0.3) is 0 Å². The van der Waals surface area contributed by atoms with Gasteiger partial charge < -0.3 is 10.6 Å². The first-order valence-corrected chi connectivity index (χ1v) is 6.14. The minimum Gasteiger partial charge on any atom is -0.389 e. The number of anilines is 1. The molecule has 1 aliphatic rings. The van der Waals surface area contributed by atoms with Crippen LogP contribution in [0.3, 0.4) is 0 Å². The van der Waals surface area contributed by atoms with Gasteiger partial charge in [-0.15, -0.1) is 0 Å². The zero-order valence-corrected chi connectivity index (χ0v) is 10.7. The lowest BCUT2D eigenvalue weighted by Gasteiger charge is -2.22. The lowest BCUT2D eigenvalue weighted by molar-refractivity contribution is 0.659. The molecule has 86 valence electrons. The molecule has 0 aromatic heterocycles. The molecule has 1 aromatic carbocycles. The Balaban J connectivity index is 2.37. The highest BCUT2D eigenvalue weighted by atomic mass is 32.1. The molecule has 3 heteroatoms. The molecule has 16 heavy (non-hydrogen) atoms. The predicted molar refractivity (Wildman–Crippen MR) is 73.1 cm³/mol. The molecule has 2 N–H and O–H groups in total. The van der Waals surface area contributed by atoms with E-state index in [1.165, 1.54) is 17.7 Å². The molecule has 1 unspecified atom stereocenters. The highest BCUT2D eigenvalue weighted by Crippen LogP contribution is 2.27. The first-order chi connectivity index (χ1) is 7.58. The summed E-state index contributed by atoms with van der Waals surface area (Å²) in [6.45, 7) is 6.61. The summed E-state index contributed by atoms with van der Waals surface area (Å²) in [6, 6.07) is 6.29. The second-order valence-electron chi connectivity index (χ2n) is 4.72. The molecule has 1 aromatic rings. The molecule has 1 saturated heterocycles. The van der Waals surface area contributed by atoms with E-state index in [9.17, 15) is 0 Å². The van der Waals surface area contributed by atoms with Crippen LogP contribution in [0.5, 0.6) is 0 Å². The summed E-state index contributed by atoms with van der Waals surface area (Å²) in [4.78, 5) is 2.89. The van der Waals surface area contributed by atoms with Crippen LogP contribution in [0.15, 0.2) is 18.2 Å². The van der Waals surface area contributed by atoms with Crippen molar-refractivity contribution in [3.63, 3.8) is 0 Å². The molecular weight excluding hydrogens is 216 g/mol. The van der Waals surface area contributed by atoms with Gasteiger partial charge in [-0.1, -0.05) is 25.2 Å². The van der Waals surface area contributed by atoms with E-state index in [1.54, 1.807) is 0 Å². The third-order valence-corrected chi connectivity index (χ3v) is 3.40. The minimum atomic E-state index is 0.495. The van der Waals surface area contributed by atoms with E-state index < -0.39 is 0 Å². The highest BCUT2D eigenvalue weighted by molar-refractivity contribution is 7.80. The Hall–Kier alpha value is -1.09. The monoisotopic (exact) mass is 234 g/mol. The van der Waals surface area contributed by atoms with Crippen molar-refractivity contribution in [3.8, 4) is 0 Å². The molecule has 2 nitrogen and oxygen atoms in total. The van der Waals surface area contributed by atoms with E-state index in [-0.39, 0.29) is 0 Å². The summed E-state index contributed by atoms with van der Waals surface area (Å²) in [6.07, 6.45) is 1.25. The quantitative estimate of drug-likeness (QED) is 0.797. The Morgan fingerprint density at radius 1 is 1.50 bits per heavy atom. The zero-order chi connectivity index (χ0) is 11.7. The maximum Gasteiger partial charge on any atom is 0.106 e. The summed E-state index contributed by atoms with van der Waals surface area (Å²) in [5.41, 5.74) is 9.24. The van der Waals surface area contributed by atoms with Gasteiger partial charge in [0.1, 0.15) is 4.99 Å². The second-order valence-corrected chi connectivity index (χ2v) is 5.16. The molecule has 0 aliphatic carbocycles. The first-order valence-electron chi connectivity index (χ1n) is 5.73. The highest BCUT2D eigenvalue weighted by Gasteiger charge is 2.21. The van der Waals surface area contributed by atoms with Crippen LogP contribution in [0.2, 0.25) is 0 Å². The Bertz CT molecular complexity index is 414. The van der Waals surface area contributed by atoms with Crippen LogP contribution < -0.4 is 10.6 Å². The second kappa shape index (κ2) is 4.42. The summed E-state index contributed by atoms with van der Waals surface area (Å²) in [5.74, 6) is 0.764. The van der Waals surface area contributed by atoms with Gasteiger partial charge in [0, 0.05) is 24.3 Å². The Labute approximate surface area is 102 Å². The van der Waals surface area contributed by atoms with Crippen LogP contribution >= 0.6 is 12.2 Å². The maximum atomic E-state index is 5.77. The fourth-order valence-corrected chi connectivity index (χ4v) is 2.44. The van der Waals surface area contributed by atoms with Crippen LogP contribution in [-0.4, -0.2) is 18.1 Å². The largest absolute Gasteiger partial charge is 0.389 e. The van der Waals surface area contributed by atoms with Crippen molar-refractivity contribution in [1.29, 1.82) is 0 Å². The van der Waals surface area contributed by atoms with Gasteiger partial charge in [0.15, 0.2) is 0 Å². The SMILES string of the molecule is Cc1ccc(C(N)=S)c(N2CCC(C)C2)c1. The minimum absolute atomic E-state index is 0.495. The van der Waals surface area contributed by atoms with Crippen molar-refractivity contribution < 1.29 is 0 Å². The van der Waals surface area contributed by atoms with Crippen LogP contribution in [0.4, 0.5) is 5.69 Å². The van der Waals surface area contributed by atoms with Gasteiger partial charge in [-0.3, -0.25) is 0 Å². The molecule has 1 heterocycles. The molecule has 0 radical (unpaired) electrons. The lowest BCUT2D eigenvalue weighted by Crippen LogP contribution is -2.23. The average Bonchev–Trinajstić information content (AvgIpc) is 2.64. The lowest BCUT2D eigenvalue weighted by atomic mass is 10.1. The number of nitrogens with two attached hydrogens (primary N) is 1. The third-order valence-electron chi connectivity index (χ3n) is 3.18.